The van der Waals surface area contributed by atoms with Gasteiger partial charge in [-0.2, -0.15) is 0 Å². The van der Waals surface area contributed by atoms with Gasteiger partial charge in [-0.15, -0.1) is 0 Å². The summed E-state index contributed by atoms with van der Waals surface area (Å²) in [4.78, 5) is 43.8. The Balaban J connectivity index is 1.52. The van der Waals surface area contributed by atoms with Gasteiger partial charge in [0.1, 0.15) is 11.8 Å². The van der Waals surface area contributed by atoms with E-state index in [1.165, 1.54) is 0 Å². The van der Waals surface area contributed by atoms with Crippen molar-refractivity contribution in [2.75, 3.05) is 40.4 Å². The lowest BCUT2D eigenvalue weighted by Gasteiger charge is -2.43. The molecule has 2 aliphatic rings. The number of rotatable bonds is 9. The quantitative estimate of drug-likeness (QED) is 0.508. The molecule has 2 heterocycles. The number of nitrogens with zero attached hydrogens (tertiary/aromatic N) is 2. The van der Waals surface area contributed by atoms with Crippen LogP contribution in [0.1, 0.15) is 43.7 Å². The van der Waals surface area contributed by atoms with Crippen LogP contribution in [0.4, 0.5) is 0 Å². The van der Waals surface area contributed by atoms with Crippen LogP contribution >= 0.6 is 0 Å². The molecule has 9 heteroatoms. The molecule has 2 aromatic carbocycles. The number of nitrogens with one attached hydrogen (secondary N) is 1. The van der Waals surface area contributed by atoms with Gasteiger partial charge in [0.25, 0.3) is 0 Å². The van der Waals surface area contributed by atoms with E-state index >= 15 is 0 Å². The van der Waals surface area contributed by atoms with Gasteiger partial charge in [-0.25, -0.2) is 0 Å². The van der Waals surface area contributed by atoms with Crippen LogP contribution in [0.3, 0.4) is 0 Å². The molecule has 2 aromatic rings. The maximum atomic E-state index is 13.9. The summed E-state index contributed by atoms with van der Waals surface area (Å²) >= 11 is 0. The van der Waals surface area contributed by atoms with Crippen molar-refractivity contribution in [3.8, 4) is 5.75 Å². The first-order valence-electron chi connectivity index (χ1n) is 13.4. The number of amides is 3. The Labute approximate surface area is 230 Å². The number of piperidine rings is 1. The van der Waals surface area contributed by atoms with Gasteiger partial charge < -0.3 is 30.3 Å². The van der Waals surface area contributed by atoms with Crippen molar-refractivity contribution in [3.63, 3.8) is 0 Å². The molecule has 0 bridgehead atoms. The lowest BCUT2D eigenvalue weighted by Crippen LogP contribution is -2.60. The largest absolute Gasteiger partial charge is 0.497 e. The molecule has 1 spiro atoms. The molecule has 210 valence electrons. The van der Waals surface area contributed by atoms with E-state index in [1.54, 1.807) is 30.8 Å². The van der Waals surface area contributed by atoms with E-state index in [4.69, 9.17) is 15.2 Å². The van der Waals surface area contributed by atoms with E-state index in [0.717, 1.165) is 16.9 Å². The number of methoxy groups -OCH3 is 1. The number of hydrogen-bond acceptors (Lipinski definition) is 6. The molecule has 0 unspecified atom stereocenters. The topological polar surface area (TPSA) is 114 Å². The van der Waals surface area contributed by atoms with Crippen molar-refractivity contribution >= 4 is 17.7 Å². The minimum absolute atomic E-state index is 0.0193. The van der Waals surface area contributed by atoms with E-state index in [9.17, 15) is 14.4 Å². The van der Waals surface area contributed by atoms with E-state index < -0.39 is 22.9 Å². The van der Waals surface area contributed by atoms with Crippen LogP contribution < -0.4 is 15.8 Å². The summed E-state index contributed by atoms with van der Waals surface area (Å²) < 4.78 is 11.1. The van der Waals surface area contributed by atoms with Crippen LogP contribution in [-0.2, 0) is 25.7 Å². The first kappa shape index (κ1) is 28.6. The third kappa shape index (κ3) is 6.25. The summed E-state index contributed by atoms with van der Waals surface area (Å²) in [7, 11) is 3.43. The molecule has 2 fully saturated rings. The van der Waals surface area contributed by atoms with E-state index in [-0.39, 0.29) is 30.9 Å². The van der Waals surface area contributed by atoms with Gasteiger partial charge in [-0.1, -0.05) is 42.5 Å². The predicted octanol–water partition coefficient (Wildman–Crippen LogP) is 2.30. The van der Waals surface area contributed by atoms with Gasteiger partial charge in [0.15, 0.2) is 0 Å². The average Bonchev–Trinajstić information content (AvgIpc) is 3.17. The van der Waals surface area contributed by atoms with Gasteiger partial charge in [-0.3, -0.25) is 14.4 Å². The van der Waals surface area contributed by atoms with Crippen LogP contribution in [0.2, 0.25) is 0 Å². The number of likely N-dealkylation sites (tertiary alicyclic amines) is 2. The first-order valence-corrected chi connectivity index (χ1v) is 13.4. The summed E-state index contributed by atoms with van der Waals surface area (Å²) in [6.07, 6.45) is 1.41. The molecule has 0 aromatic heterocycles. The van der Waals surface area contributed by atoms with Crippen molar-refractivity contribution in [3.05, 3.63) is 65.7 Å². The van der Waals surface area contributed by atoms with Crippen molar-refractivity contribution in [2.24, 2.45) is 11.1 Å². The van der Waals surface area contributed by atoms with Crippen LogP contribution in [0, 0.1) is 5.41 Å². The monoisotopic (exact) mass is 536 g/mol. The summed E-state index contributed by atoms with van der Waals surface area (Å²) in [6, 6.07) is 16.6. The molecule has 2 saturated heterocycles. The summed E-state index contributed by atoms with van der Waals surface area (Å²) in [5.41, 5.74) is 6.17. The minimum Gasteiger partial charge on any atom is -0.497 e. The Kier molecular flexibility index (Phi) is 8.61. The number of benzene rings is 2. The number of carbonyl (C=O) groups is 3. The predicted molar refractivity (Wildman–Crippen MR) is 148 cm³/mol. The lowest BCUT2D eigenvalue weighted by molar-refractivity contribution is -0.147. The third-order valence-electron chi connectivity index (χ3n) is 7.83. The minimum atomic E-state index is -1.17. The molecule has 3 N–H and O–H groups in total. The van der Waals surface area contributed by atoms with Crippen molar-refractivity contribution in [1.29, 1.82) is 0 Å². The highest BCUT2D eigenvalue weighted by molar-refractivity contribution is 5.92. The van der Waals surface area contributed by atoms with E-state index in [2.05, 4.69) is 17.4 Å². The third-order valence-corrected chi connectivity index (χ3v) is 7.83. The zero-order valence-electron chi connectivity index (χ0n) is 23.3. The number of ether oxygens (including phenoxy) is 2. The Morgan fingerprint density at radius 1 is 1.15 bits per heavy atom. The molecular formula is C30H40N4O5. The van der Waals surface area contributed by atoms with Crippen LogP contribution in [0.25, 0.3) is 0 Å². The molecule has 0 radical (unpaired) electrons. The Bertz CT molecular complexity index is 1160. The number of likely N-dealkylation sites (N-methyl/N-ethyl adjacent to an activating group) is 1. The Morgan fingerprint density at radius 3 is 2.49 bits per heavy atom. The van der Waals surface area contributed by atoms with E-state index in [1.807, 2.05) is 49.5 Å². The summed E-state index contributed by atoms with van der Waals surface area (Å²) in [5.74, 6) is 0.0710. The fourth-order valence-corrected chi connectivity index (χ4v) is 5.66. The fraction of sp³-hybridized carbons (Fsp3) is 0.500. The second kappa shape index (κ2) is 11.8. The van der Waals surface area contributed by atoms with Crippen molar-refractivity contribution in [1.82, 2.24) is 15.1 Å². The average molecular weight is 537 g/mol. The standard InChI is InChI=1S/C30H40N4O5/c1-29(2,31)27(36)32-25(19-39-18-21-11-13-23(38-4)14-12-21)26(35)34-16-8-15-30(20-34)24(17-33(3)28(30)37)22-9-6-5-7-10-22/h5-7,9-14,24-25H,8,15-20,31H2,1-4H3,(H,32,36)/t24-,25-,30-/m1/s1. The molecule has 0 saturated carbocycles. The fourth-order valence-electron chi connectivity index (χ4n) is 5.66. The number of carbonyl (C=O) groups excluding carboxylic acids is 3. The van der Waals surface area contributed by atoms with Gasteiger partial charge in [0, 0.05) is 32.6 Å². The van der Waals surface area contributed by atoms with Gasteiger partial charge in [0.05, 0.1) is 31.3 Å². The highest BCUT2D eigenvalue weighted by Crippen LogP contribution is 2.49. The molecule has 2 aliphatic heterocycles. The Hall–Kier alpha value is -3.43. The number of nitrogens with two attached hydrogens (primary N) is 1. The molecule has 3 amide bonds. The highest BCUT2D eigenvalue weighted by atomic mass is 16.5. The second-order valence-electron chi connectivity index (χ2n) is 11.3. The lowest BCUT2D eigenvalue weighted by atomic mass is 9.69. The van der Waals surface area contributed by atoms with Gasteiger partial charge in [0.2, 0.25) is 17.7 Å². The first-order chi connectivity index (χ1) is 18.5. The molecule has 4 rings (SSSR count). The zero-order chi connectivity index (χ0) is 28.2. The second-order valence-corrected chi connectivity index (χ2v) is 11.3. The van der Waals surface area contributed by atoms with Gasteiger partial charge in [-0.05, 0) is 49.9 Å². The summed E-state index contributed by atoms with van der Waals surface area (Å²) in [5, 5.41) is 2.80. The smallest absolute Gasteiger partial charge is 0.247 e. The molecule has 9 nitrogen and oxygen atoms in total. The molecular weight excluding hydrogens is 496 g/mol. The molecule has 39 heavy (non-hydrogen) atoms. The van der Waals surface area contributed by atoms with Crippen molar-refractivity contribution < 1.29 is 23.9 Å². The molecule has 0 aliphatic carbocycles. The van der Waals surface area contributed by atoms with Crippen molar-refractivity contribution in [2.45, 2.75) is 50.8 Å². The van der Waals surface area contributed by atoms with Crippen LogP contribution in [0.15, 0.2) is 54.6 Å². The highest BCUT2D eigenvalue weighted by Gasteiger charge is 2.55. The molecule has 3 atom stereocenters. The van der Waals surface area contributed by atoms with Crippen LogP contribution in [-0.4, -0.2) is 79.5 Å². The maximum absolute atomic E-state index is 13.9. The normalized spacial score (nSPS) is 22.2. The zero-order valence-corrected chi connectivity index (χ0v) is 23.3. The van der Waals surface area contributed by atoms with E-state index in [0.29, 0.717) is 32.5 Å². The SMILES string of the molecule is COc1ccc(COC[C@@H](NC(=O)C(C)(C)N)C(=O)N2CCC[C@]3(C2)C(=O)N(C)C[C@@H]3c2ccccc2)cc1. The van der Waals surface area contributed by atoms with Crippen LogP contribution in [0.5, 0.6) is 5.75 Å². The number of hydrogen-bond donors (Lipinski definition) is 2. The Morgan fingerprint density at radius 2 is 1.85 bits per heavy atom. The maximum Gasteiger partial charge on any atom is 0.247 e. The van der Waals surface area contributed by atoms with Gasteiger partial charge >= 0.3 is 0 Å². The summed E-state index contributed by atoms with van der Waals surface area (Å²) in [6.45, 7) is 4.84.